The summed E-state index contributed by atoms with van der Waals surface area (Å²) in [5.41, 5.74) is 0. The van der Waals surface area contributed by atoms with Gasteiger partial charge in [-0.2, -0.15) is 0 Å². The van der Waals surface area contributed by atoms with Gasteiger partial charge in [-0.05, 0) is 37.0 Å². The number of carbonyl (C=O) groups is 1. The Hall–Kier alpha value is -0.970. The smallest absolute Gasteiger partial charge is 0.384 e. The normalized spacial score (nSPS) is 33.6. The van der Waals surface area contributed by atoms with E-state index in [0.29, 0.717) is 0 Å². The van der Waals surface area contributed by atoms with E-state index in [9.17, 15) is 4.79 Å². The first-order valence-corrected chi connectivity index (χ1v) is 5.36. The van der Waals surface area contributed by atoms with Crippen molar-refractivity contribution in [3.05, 3.63) is 0 Å². The molecule has 2 heteroatoms. The topological polar surface area (TPSA) is 26.3 Å². The first kappa shape index (κ1) is 9.58. The fourth-order valence-corrected chi connectivity index (χ4v) is 2.93. The van der Waals surface area contributed by atoms with E-state index in [0.717, 1.165) is 24.2 Å². The highest BCUT2D eigenvalue weighted by molar-refractivity contribution is 5.88. The van der Waals surface area contributed by atoms with E-state index in [2.05, 4.69) is 16.6 Å². The molecule has 76 valence electrons. The zero-order valence-electron chi connectivity index (χ0n) is 8.58. The van der Waals surface area contributed by atoms with Crippen LogP contribution in [0.4, 0.5) is 0 Å². The Labute approximate surface area is 85.0 Å². The minimum Gasteiger partial charge on any atom is -0.459 e. The van der Waals surface area contributed by atoms with Gasteiger partial charge in [0.1, 0.15) is 0 Å². The second kappa shape index (κ2) is 4.04. The van der Waals surface area contributed by atoms with Gasteiger partial charge in [0, 0.05) is 12.3 Å². The molecule has 14 heavy (non-hydrogen) atoms. The first-order chi connectivity index (χ1) is 6.79. The lowest BCUT2D eigenvalue weighted by Gasteiger charge is -2.18. The van der Waals surface area contributed by atoms with E-state index in [1.54, 1.807) is 0 Å². The van der Waals surface area contributed by atoms with E-state index in [1.165, 1.54) is 32.8 Å². The molecule has 2 bridgehead atoms. The maximum absolute atomic E-state index is 10.7. The van der Waals surface area contributed by atoms with Gasteiger partial charge >= 0.3 is 5.97 Å². The van der Waals surface area contributed by atoms with Crippen molar-refractivity contribution in [3.63, 3.8) is 0 Å². The molecule has 0 N–H and O–H groups in total. The van der Waals surface area contributed by atoms with E-state index < -0.39 is 5.97 Å². The Bertz CT molecular complexity index is 284. The van der Waals surface area contributed by atoms with Gasteiger partial charge in [0.25, 0.3) is 0 Å². The molecule has 2 aliphatic carbocycles. The number of esters is 1. The summed E-state index contributed by atoms with van der Waals surface area (Å²) in [5.74, 6) is 7.65. The number of rotatable bonds is 1. The van der Waals surface area contributed by atoms with E-state index >= 15 is 0 Å². The molecular formula is C12H16O2. The van der Waals surface area contributed by atoms with Crippen LogP contribution in [0.5, 0.6) is 0 Å². The molecular weight excluding hydrogens is 176 g/mol. The van der Waals surface area contributed by atoms with Gasteiger partial charge in [0.05, 0.1) is 7.11 Å². The van der Waals surface area contributed by atoms with Crippen LogP contribution in [0, 0.1) is 29.6 Å². The van der Waals surface area contributed by atoms with Gasteiger partial charge in [-0.1, -0.05) is 12.3 Å². The van der Waals surface area contributed by atoms with Crippen molar-refractivity contribution in [3.8, 4) is 11.8 Å². The van der Waals surface area contributed by atoms with Crippen molar-refractivity contribution in [2.24, 2.45) is 17.8 Å². The van der Waals surface area contributed by atoms with Gasteiger partial charge < -0.3 is 4.74 Å². The summed E-state index contributed by atoms with van der Waals surface area (Å²) in [4.78, 5) is 10.7. The van der Waals surface area contributed by atoms with Gasteiger partial charge in [-0.25, -0.2) is 4.79 Å². The van der Waals surface area contributed by atoms with Crippen LogP contribution in [0.1, 0.15) is 32.1 Å². The highest BCUT2D eigenvalue weighted by Gasteiger charge is 2.38. The Balaban J connectivity index is 1.81. The third-order valence-electron chi connectivity index (χ3n) is 3.62. The van der Waals surface area contributed by atoms with Crippen molar-refractivity contribution in [1.82, 2.24) is 0 Å². The second-order valence-electron chi connectivity index (χ2n) is 4.43. The molecule has 0 aliphatic heterocycles. The van der Waals surface area contributed by atoms with Crippen LogP contribution >= 0.6 is 0 Å². The minimum atomic E-state index is -0.409. The fourth-order valence-electron chi connectivity index (χ4n) is 2.93. The van der Waals surface area contributed by atoms with E-state index in [1.807, 2.05) is 0 Å². The van der Waals surface area contributed by atoms with Gasteiger partial charge in [-0.3, -0.25) is 0 Å². The van der Waals surface area contributed by atoms with Gasteiger partial charge in [0.15, 0.2) is 0 Å². The molecule has 2 rings (SSSR count). The number of ether oxygens (including phenoxy) is 1. The molecule has 0 heterocycles. The fraction of sp³-hybridized carbons (Fsp3) is 0.750. The molecule has 0 aromatic heterocycles. The summed E-state index contributed by atoms with van der Waals surface area (Å²) < 4.78 is 4.46. The van der Waals surface area contributed by atoms with E-state index in [4.69, 9.17) is 0 Å². The number of fused-ring (bicyclic) bond motifs is 2. The van der Waals surface area contributed by atoms with Crippen molar-refractivity contribution in [2.75, 3.05) is 7.11 Å². The average Bonchev–Trinajstić information content (AvgIpc) is 2.79. The lowest BCUT2D eigenvalue weighted by atomic mass is 9.87. The molecule has 3 unspecified atom stereocenters. The van der Waals surface area contributed by atoms with Crippen LogP contribution in [0.15, 0.2) is 0 Å². The summed E-state index contributed by atoms with van der Waals surface area (Å²) in [6.45, 7) is 0. The van der Waals surface area contributed by atoms with Crippen LogP contribution in [0.25, 0.3) is 0 Å². The predicted molar refractivity (Wildman–Crippen MR) is 53.3 cm³/mol. The summed E-state index contributed by atoms with van der Waals surface area (Å²) in [7, 11) is 1.37. The Morgan fingerprint density at radius 1 is 1.43 bits per heavy atom. The molecule has 3 atom stereocenters. The summed E-state index contributed by atoms with van der Waals surface area (Å²) in [5, 5.41) is 0. The van der Waals surface area contributed by atoms with Crippen LogP contribution in [-0.4, -0.2) is 13.1 Å². The van der Waals surface area contributed by atoms with Crippen molar-refractivity contribution < 1.29 is 9.53 Å². The highest BCUT2D eigenvalue weighted by Crippen LogP contribution is 2.49. The van der Waals surface area contributed by atoms with Gasteiger partial charge in [-0.15, -0.1) is 0 Å². The third kappa shape index (κ3) is 1.92. The summed E-state index contributed by atoms with van der Waals surface area (Å²) in [6.07, 6.45) is 6.43. The molecule has 2 aliphatic rings. The largest absolute Gasteiger partial charge is 0.459 e. The molecule has 0 aromatic rings. The maximum Gasteiger partial charge on any atom is 0.384 e. The van der Waals surface area contributed by atoms with E-state index in [-0.39, 0.29) is 0 Å². The van der Waals surface area contributed by atoms with Crippen LogP contribution in [0.3, 0.4) is 0 Å². The molecule has 2 saturated carbocycles. The molecule has 0 spiro atoms. The van der Waals surface area contributed by atoms with Crippen LogP contribution in [-0.2, 0) is 9.53 Å². The standard InChI is InChI=1S/C12H16O2/c1-14-12(13)4-2-3-10-7-9-5-6-11(10)8-9/h9-11H,3,5-8H2,1H3. The average molecular weight is 192 g/mol. The monoisotopic (exact) mass is 192 g/mol. The lowest BCUT2D eigenvalue weighted by molar-refractivity contribution is -0.133. The zero-order chi connectivity index (χ0) is 9.97. The van der Waals surface area contributed by atoms with Crippen molar-refractivity contribution in [2.45, 2.75) is 32.1 Å². The molecule has 2 fully saturated rings. The minimum absolute atomic E-state index is 0.409. The number of methoxy groups -OCH3 is 1. The van der Waals surface area contributed by atoms with Crippen molar-refractivity contribution >= 4 is 5.97 Å². The summed E-state index contributed by atoms with van der Waals surface area (Å²) in [6, 6.07) is 0. The number of carbonyl (C=O) groups excluding carboxylic acids is 1. The zero-order valence-corrected chi connectivity index (χ0v) is 8.58. The quantitative estimate of drug-likeness (QED) is 0.361. The maximum atomic E-state index is 10.7. The van der Waals surface area contributed by atoms with Crippen molar-refractivity contribution in [1.29, 1.82) is 0 Å². The SMILES string of the molecule is COC(=O)C#CCC1CC2CCC1C2. The highest BCUT2D eigenvalue weighted by atomic mass is 16.5. The Kier molecular flexibility index (Phi) is 2.77. The Morgan fingerprint density at radius 3 is 2.86 bits per heavy atom. The van der Waals surface area contributed by atoms with Crippen LogP contribution < -0.4 is 0 Å². The predicted octanol–water partition coefficient (Wildman–Crippen LogP) is 1.99. The molecule has 0 amide bonds. The molecule has 2 nitrogen and oxygen atoms in total. The molecule has 0 aromatic carbocycles. The lowest BCUT2D eigenvalue weighted by Crippen LogP contribution is -2.09. The number of hydrogen-bond donors (Lipinski definition) is 0. The first-order valence-electron chi connectivity index (χ1n) is 5.36. The molecule has 0 saturated heterocycles. The van der Waals surface area contributed by atoms with Gasteiger partial charge in [0.2, 0.25) is 0 Å². The number of hydrogen-bond acceptors (Lipinski definition) is 2. The van der Waals surface area contributed by atoms with Crippen LogP contribution in [0.2, 0.25) is 0 Å². The summed E-state index contributed by atoms with van der Waals surface area (Å²) >= 11 is 0. The third-order valence-corrected chi connectivity index (χ3v) is 3.62. The Morgan fingerprint density at radius 2 is 2.29 bits per heavy atom. The molecule has 0 radical (unpaired) electrons. The second-order valence-corrected chi connectivity index (χ2v) is 4.43.